The number of ether oxygens (including phenoxy) is 1. The fraction of sp³-hybridized carbons (Fsp3) is 0.211. The zero-order valence-electron chi connectivity index (χ0n) is 13.8. The molecule has 140 valence electrons. The third-order valence-corrected chi connectivity index (χ3v) is 4.38. The highest BCUT2D eigenvalue weighted by Gasteiger charge is 2.35. The predicted octanol–water partition coefficient (Wildman–Crippen LogP) is 5.01. The Morgan fingerprint density at radius 2 is 1.96 bits per heavy atom. The molecule has 2 aromatic carbocycles. The molecule has 1 aromatic heterocycles. The second kappa shape index (κ2) is 6.53. The minimum Gasteiger partial charge on any atom is -0.507 e. The number of halogens is 3. The Kier molecular flexibility index (Phi) is 4.18. The van der Waals surface area contributed by atoms with Crippen LogP contribution in [0, 0.1) is 6.01 Å². The molecule has 5 nitrogen and oxygen atoms in total. The van der Waals surface area contributed by atoms with Crippen LogP contribution in [0.15, 0.2) is 40.8 Å². The molecule has 4 rings (SSSR count). The lowest BCUT2D eigenvalue weighted by atomic mass is 10.0. The lowest BCUT2D eigenvalue weighted by Gasteiger charge is -2.14. The van der Waals surface area contributed by atoms with E-state index in [1.165, 1.54) is 12.1 Å². The Bertz CT molecular complexity index is 1010. The first kappa shape index (κ1) is 17.3. The van der Waals surface area contributed by atoms with Crippen LogP contribution in [-0.2, 0) is 0 Å². The Balaban J connectivity index is 1.86. The molecule has 0 saturated heterocycles. The minimum atomic E-state index is -3.19. The number of carbonyl (C=O) groups excluding carboxylic acids is 1. The summed E-state index contributed by atoms with van der Waals surface area (Å²) in [6.07, 6.45) is 1.37. The van der Waals surface area contributed by atoms with E-state index in [1.807, 2.05) is 0 Å². The molecule has 0 spiro atoms. The second-order valence-corrected chi connectivity index (χ2v) is 6.24. The average molecular weight is 377 g/mol. The van der Waals surface area contributed by atoms with E-state index in [-0.39, 0.29) is 39.5 Å². The topological polar surface area (TPSA) is 71.7 Å². The number of amides is 1. The number of anilines is 1. The highest BCUT2D eigenvalue weighted by molar-refractivity contribution is 6.10. The molecule has 1 fully saturated rings. The summed E-state index contributed by atoms with van der Waals surface area (Å²) in [5, 5.41) is 12.4. The Morgan fingerprint density at radius 3 is 2.59 bits per heavy atom. The third kappa shape index (κ3) is 3.18. The van der Waals surface area contributed by atoms with E-state index < -0.39 is 24.2 Å². The monoisotopic (exact) mass is 377 g/mol. The van der Waals surface area contributed by atoms with Crippen LogP contribution in [0.5, 0.6) is 11.5 Å². The highest BCUT2D eigenvalue weighted by atomic mass is 19.3. The molecule has 0 atom stereocenters. The van der Waals surface area contributed by atoms with Crippen molar-refractivity contribution < 1.29 is 32.2 Å². The Labute approximate surface area is 151 Å². The first-order valence-electron chi connectivity index (χ1n) is 8.24. The van der Waals surface area contributed by atoms with E-state index in [0.29, 0.717) is 12.8 Å². The van der Waals surface area contributed by atoms with Crippen molar-refractivity contribution in [3.8, 4) is 11.5 Å². The van der Waals surface area contributed by atoms with Gasteiger partial charge in [0.25, 0.3) is 5.91 Å². The molecule has 8 heteroatoms. The number of phenolic OH excluding ortho intramolecular Hbond substituents is 1. The zero-order valence-corrected chi connectivity index (χ0v) is 13.8. The van der Waals surface area contributed by atoms with E-state index in [4.69, 9.17) is 4.42 Å². The lowest BCUT2D eigenvalue weighted by Crippen LogP contribution is -2.13. The van der Waals surface area contributed by atoms with Crippen LogP contribution in [0.2, 0.25) is 0 Å². The van der Waals surface area contributed by atoms with Gasteiger partial charge in [0.2, 0.25) is 0 Å². The molecule has 1 aliphatic rings. The van der Waals surface area contributed by atoms with E-state index >= 15 is 0 Å². The van der Waals surface area contributed by atoms with E-state index in [9.17, 15) is 23.1 Å². The van der Waals surface area contributed by atoms with Crippen LogP contribution >= 0.6 is 0 Å². The fourth-order valence-electron chi connectivity index (χ4n) is 3.06. The second-order valence-electron chi connectivity index (χ2n) is 6.24. The average Bonchev–Trinajstić information content (AvgIpc) is 3.40. The lowest BCUT2D eigenvalue weighted by molar-refractivity contribution is -0.0494. The Hall–Kier alpha value is -3.16. The van der Waals surface area contributed by atoms with Gasteiger partial charge in [0.1, 0.15) is 22.8 Å². The van der Waals surface area contributed by atoms with Gasteiger partial charge in [0.15, 0.2) is 0 Å². The summed E-state index contributed by atoms with van der Waals surface area (Å²) in [6.45, 7) is -3.19. The molecule has 27 heavy (non-hydrogen) atoms. The Morgan fingerprint density at radius 1 is 1.26 bits per heavy atom. The fourth-order valence-corrected chi connectivity index (χ4v) is 3.06. The number of rotatable bonds is 5. The van der Waals surface area contributed by atoms with Gasteiger partial charge >= 0.3 is 12.6 Å². The van der Waals surface area contributed by atoms with Crippen molar-refractivity contribution in [2.45, 2.75) is 25.4 Å². The quantitative estimate of drug-likeness (QED) is 0.656. The summed E-state index contributed by atoms with van der Waals surface area (Å²) in [5.74, 6) is -1.49. The molecule has 1 amide bonds. The number of phenols is 1. The van der Waals surface area contributed by atoms with Gasteiger partial charge in [-0.3, -0.25) is 4.79 Å². The summed E-state index contributed by atoms with van der Waals surface area (Å²) >= 11 is 0. The molecular formula is C19H14F3NO4. The number of nitrogens with one attached hydrogen (secondary N) is 1. The molecule has 0 aliphatic heterocycles. The minimum absolute atomic E-state index is 0.142. The number of aromatic hydroxyl groups is 1. The maximum Gasteiger partial charge on any atom is 0.387 e. The molecule has 0 radical (unpaired) electrons. The normalized spacial score (nSPS) is 13.9. The van der Waals surface area contributed by atoms with Crippen LogP contribution < -0.4 is 10.1 Å². The molecule has 3 aromatic rings. The number of carbonyl (C=O) groups is 1. The van der Waals surface area contributed by atoms with Gasteiger partial charge in [-0.25, -0.2) is 0 Å². The first-order valence-corrected chi connectivity index (χ1v) is 8.24. The van der Waals surface area contributed by atoms with E-state index in [1.54, 1.807) is 18.2 Å². The summed E-state index contributed by atoms with van der Waals surface area (Å²) in [6, 6.07) is 7.99. The highest BCUT2D eigenvalue weighted by Crippen LogP contribution is 2.53. The van der Waals surface area contributed by atoms with Gasteiger partial charge in [0, 0.05) is 17.2 Å². The van der Waals surface area contributed by atoms with Crippen molar-refractivity contribution in [3.63, 3.8) is 0 Å². The van der Waals surface area contributed by atoms with Gasteiger partial charge in [-0.15, -0.1) is 0 Å². The largest absolute Gasteiger partial charge is 0.507 e. The van der Waals surface area contributed by atoms with E-state index in [2.05, 4.69) is 10.1 Å². The predicted molar refractivity (Wildman–Crippen MR) is 90.8 cm³/mol. The molecule has 0 bridgehead atoms. The van der Waals surface area contributed by atoms with Gasteiger partial charge in [-0.2, -0.15) is 13.2 Å². The molecule has 0 unspecified atom stereocenters. The van der Waals surface area contributed by atoms with Crippen LogP contribution in [-0.4, -0.2) is 17.6 Å². The van der Waals surface area contributed by atoms with Gasteiger partial charge in [0.05, 0.1) is 5.39 Å². The smallest absolute Gasteiger partial charge is 0.387 e. The van der Waals surface area contributed by atoms with Gasteiger partial charge in [-0.05, 0) is 30.9 Å². The molecule has 1 saturated carbocycles. The van der Waals surface area contributed by atoms with Crippen LogP contribution in [0.25, 0.3) is 11.0 Å². The maximum atomic E-state index is 14.4. The van der Waals surface area contributed by atoms with Crippen molar-refractivity contribution in [1.82, 2.24) is 0 Å². The zero-order chi connectivity index (χ0) is 19.1. The third-order valence-electron chi connectivity index (χ3n) is 4.38. The SMILES string of the molecule is O=C(Nc1c(F)oc2cc(O)c(C3CC3)c(OC(F)F)c12)c1ccccc1. The first-order chi connectivity index (χ1) is 13.0. The number of furan rings is 1. The van der Waals surface area contributed by atoms with Gasteiger partial charge < -0.3 is 19.6 Å². The number of hydrogen-bond donors (Lipinski definition) is 2. The van der Waals surface area contributed by atoms with Crippen LogP contribution in [0.3, 0.4) is 0 Å². The summed E-state index contributed by atoms with van der Waals surface area (Å²) in [4.78, 5) is 12.4. The number of fused-ring (bicyclic) bond motifs is 1. The maximum absolute atomic E-state index is 14.4. The number of benzene rings is 2. The molecule has 1 aliphatic carbocycles. The van der Waals surface area contributed by atoms with Crippen LogP contribution in [0.4, 0.5) is 18.9 Å². The molecule has 1 heterocycles. The van der Waals surface area contributed by atoms with Crippen LogP contribution in [0.1, 0.15) is 34.7 Å². The van der Waals surface area contributed by atoms with Crippen molar-refractivity contribution >= 4 is 22.6 Å². The van der Waals surface area contributed by atoms with Crippen molar-refractivity contribution in [2.75, 3.05) is 5.32 Å². The summed E-state index contributed by atoms with van der Waals surface area (Å²) in [7, 11) is 0. The molecular weight excluding hydrogens is 363 g/mol. The number of alkyl halides is 2. The van der Waals surface area contributed by atoms with Gasteiger partial charge in [-0.1, -0.05) is 18.2 Å². The van der Waals surface area contributed by atoms with Crippen molar-refractivity contribution in [3.05, 3.63) is 53.5 Å². The molecule has 2 N–H and O–H groups in total. The van der Waals surface area contributed by atoms with E-state index in [0.717, 1.165) is 6.07 Å². The summed E-state index contributed by atoms with van der Waals surface area (Å²) in [5.41, 5.74) is -0.188. The van der Waals surface area contributed by atoms with Crippen molar-refractivity contribution in [2.24, 2.45) is 0 Å². The number of hydrogen-bond acceptors (Lipinski definition) is 4. The van der Waals surface area contributed by atoms with Crippen molar-refractivity contribution in [1.29, 1.82) is 0 Å². The summed E-state index contributed by atoms with van der Waals surface area (Å²) < 4.78 is 49.9. The standard InChI is InChI=1S/C19H14F3NO4/c20-17-15(23-18(25)10-4-2-1-3-5-10)14-12(26-17)8-11(24)13(9-6-7-9)16(14)27-19(21)22/h1-5,8-9,19,24H,6-7H2,(H,23,25).